The molecule has 0 saturated heterocycles. The number of allylic oxidation sites excluding steroid dienone is 4. The summed E-state index contributed by atoms with van der Waals surface area (Å²) in [6.07, 6.45) is 42.9. The summed E-state index contributed by atoms with van der Waals surface area (Å²) in [4.78, 5) is 11.8. The molecule has 0 aromatic heterocycles. The topological polar surface area (TPSA) is 64.3 Å². The van der Waals surface area contributed by atoms with Gasteiger partial charge in [-0.25, -0.2) is 4.79 Å². The third kappa shape index (κ3) is 19.6. The lowest BCUT2D eigenvalue weighted by Gasteiger charge is -2.37. The number of hydrogen-bond donors (Lipinski definition) is 2. The van der Waals surface area contributed by atoms with E-state index in [0.717, 1.165) is 32.2 Å². The van der Waals surface area contributed by atoms with Crippen molar-refractivity contribution in [1.82, 2.24) is 5.32 Å². The zero-order chi connectivity index (χ0) is 87.1. The van der Waals surface area contributed by atoms with Crippen LogP contribution in [-0.2, 0) is 37.2 Å². The molecule has 8 aromatic carbocycles. The Balaban J connectivity index is 0.000000160. The molecule has 4 nitrogen and oxygen atoms in total. The molecule has 4 unspecified atom stereocenters. The summed E-state index contributed by atoms with van der Waals surface area (Å²) in [7, 11) is 0. The number of alkyl carbamates (subject to hydrolysis) is 1. The Morgan fingerprint density at radius 3 is 0.711 bits per heavy atom. The maximum atomic E-state index is 11.8. The van der Waals surface area contributed by atoms with E-state index in [4.69, 9.17) is 10.5 Å². The number of fused-ring (bicyclic) bond motifs is 14. The van der Waals surface area contributed by atoms with Crippen LogP contribution in [0.5, 0.6) is 0 Å². The van der Waals surface area contributed by atoms with Gasteiger partial charge in [-0.05, 0) is 271 Å². The smallest absolute Gasteiger partial charge is 0.407 e. The largest absolute Gasteiger partial charge is 0.444 e. The summed E-state index contributed by atoms with van der Waals surface area (Å²) in [5.74, 6) is 0. The first kappa shape index (κ1) is 94.2. The van der Waals surface area contributed by atoms with Gasteiger partial charge in [0, 0.05) is 39.0 Å². The summed E-state index contributed by atoms with van der Waals surface area (Å²) in [6.45, 7) is 48.7. The fraction of sp³-hybridized carbons (Fsp3) is 0.547. The van der Waals surface area contributed by atoms with Gasteiger partial charge in [0.2, 0.25) is 0 Å². The van der Waals surface area contributed by atoms with Crippen molar-refractivity contribution in [3.8, 4) is 22.3 Å². The van der Waals surface area contributed by atoms with Crippen molar-refractivity contribution in [2.45, 2.75) is 402 Å². The van der Waals surface area contributed by atoms with Gasteiger partial charge in [0.1, 0.15) is 5.60 Å². The van der Waals surface area contributed by atoms with E-state index in [0.29, 0.717) is 6.54 Å². The van der Waals surface area contributed by atoms with Crippen molar-refractivity contribution >= 4 is 28.4 Å². The Bertz CT molecular complexity index is 4460. The van der Waals surface area contributed by atoms with Crippen LogP contribution in [0.25, 0.3) is 44.5 Å². The molecule has 121 heavy (non-hydrogen) atoms. The van der Waals surface area contributed by atoms with Gasteiger partial charge in [0.15, 0.2) is 0 Å². The zero-order valence-corrected chi connectivity index (χ0v) is 80.2. The average molecular weight is 1630 g/mol. The highest BCUT2D eigenvalue weighted by Gasteiger charge is 2.58. The Labute approximate surface area is 738 Å². The van der Waals surface area contributed by atoms with Crippen molar-refractivity contribution in [2.75, 3.05) is 13.1 Å². The number of carbonyl (C=O) groups excluding carboxylic acids is 1. The minimum Gasteiger partial charge on any atom is -0.444 e. The third-order valence-corrected chi connectivity index (χ3v) is 29.5. The maximum absolute atomic E-state index is 11.8. The normalized spacial score (nSPS) is 19.1. The molecule has 3 N–H and O–H groups in total. The third-order valence-electron chi connectivity index (χ3n) is 29.5. The summed E-state index contributed by atoms with van der Waals surface area (Å²) >= 11 is 0. The van der Waals surface area contributed by atoms with Gasteiger partial charge in [0.25, 0.3) is 0 Å². The number of nitrogens with two attached hydrogens (primary N) is 1. The molecule has 8 aromatic rings. The molecule has 0 aliphatic heterocycles. The summed E-state index contributed by atoms with van der Waals surface area (Å²) in [6, 6.07) is 57.6. The summed E-state index contributed by atoms with van der Waals surface area (Å²) in [5.41, 5.74) is 48.9. The SMILES string of the molecule is CCCCCC1(CCCC)C2=C(c3ccc(C)cc31)C(CCCC)(CCCCC)c1cc(C)ccc12.CCCCCC1(CCCC)C2=C(c3ccc(C)cc31)C(CCCC)(CCCCC)c1cc(C)ccc12.Cc1ccc2c(c1)C(C)(CCCCN)c1cc(C)ccc1-2.Cc1ccc2c(c1)C(C)(CCCCNC(=O)OC(C)(C)C)c1cc(C)ccc1-2. The molecule has 0 fully saturated rings. The molecule has 6 aliphatic rings. The van der Waals surface area contributed by atoms with Gasteiger partial charge in [-0.15, -0.1) is 0 Å². The Morgan fingerprint density at radius 1 is 0.281 bits per heavy atom. The van der Waals surface area contributed by atoms with E-state index in [1.54, 1.807) is 66.8 Å². The number of amides is 1. The van der Waals surface area contributed by atoms with E-state index < -0.39 is 5.60 Å². The second-order valence-corrected chi connectivity index (χ2v) is 40.3. The molecule has 6 aliphatic carbocycles. The Kier molecular flexibility index (Phi) is 32.3. The highest BCUT2D eigenvalue weighted by Crippen LogP contribution is 2.70. The number of hydrogen-bond acceptors (Lipinski definition) is 3. The number of carbonyl (C=O) groups is 1. The van der Waals surface area contributed by atoms with E-state index in [1.807, 2.05) is 20.8 Å². The number of aryl methyl sites for hydroxylation is 8. The zero-order valence-electron chi connectivity index (χ0n) is 80.2. The fourth-order valence-electron chi connectivity index (χ4n) is 23.3. The number of benzene rings is 8. The molecule has 652 valence electrons. The van der Waals surface area contributed by atoms with Crippen LogP contribution >= 0.6 is 0 Å². The van der Waals surface area contributed by atoms with Crippen LogP contribution in [-0.4, -0.2) is 24.8 Å². The van der Waals surface area contributed by atoms with Gasteiger partial charge in [0.05, 0.1) is 0 Å². The fourth-order valence-corrected chi connectivity index (χ4v) is 23.3. The van der Waals surface area contributed by atoms with E-state index in [2.05, 4.69) is 276 Å². The number of unbranched alkanes of at least 4 members (excludes halogenated alkanes) is 14. The summed E-state index contributed by atoms with van der Waals surface area (Å²) < 4.78 is 5.31. The minimum absolute atomic E-state index is 0.0224. The van der Waals surface area contributed by atoms with Crippen molar-refractivity contribution in [1.29, 1.82) is 0 Å². The lowest BCUT2D eigenvalue weighted by molar-refractivity contribution is 0.0526. The van der Waals surface area contributed by atoms with Crippen LogP contribution in [0.1, 0.15) is 420 Å². The first-order valence-corrected chi connectivity index (χ1v) is 49.2. The average Bonchev–Trinajstić information content (AvgIpc) is 1.51. The molecule has 14 rings (SSSR count). The van der Waals surface area contributed by atoms with Gasteiger partial charge >= 0.3 is 6.09 Å². The van der Waals surface area contributed by atoms with E-state index in [-0.39, 0.29) is 38.6 Å². The second-order valence-electron chi connectivity index (χ2n) is 40.3. The predicted molar refractivity (Wildman–Crippen MR) is 526 cm³/mol. The molecule has 0 bridgehead atoms. The van der Waals surface area contributed by atoms with Gasteiger partial charge in [-0.3, -0.25) is 0 Å². The number of ether oxygens (including phenoxy) is 1. The molecule has 4 atom stereocenters. The highest BCUT2D eigenvalue weighted by atomic mass is 16.6. The Morgan fingerprint density at radius 2 is 0.488 bits per heavy atom. The van der Waals surface area contributed by atoms with Gasteiger partial charge < -0.3 is 15.8 Å². The van der Waals surface area contributed by atoms with Gasteiger partial charge in [-0.2, -0.15) is 0 Å². The minimum atomic E-state index is -0.454. The summed E-state index contributed by atoms with van der Waals surface area (Å²) in [5, 5.41) is 2.87. The second kappa shape index (κ2) is 41.5. The lowest BCUT2D eigenvalue weighted by atomic mass is 9.66. The first-order valence-electron chi connectivity index (χ1n) is 49.2. The quantitative estimate of drug-likeness (QED) is 0.0382. The van der Waals surface area contributed by atoms with Crippen molar-refractivity contribution in [3.63, 3.8) is 0 Å². The maximum Gasteiger partial charge on any atom is 0.407 e. The van der Waals surface area contributed by atoms with Gasteiger partial charge in [-0.1, -0.05) is 401 Å². The Hall–Kier alpha value is -7.53. The molecule has 4 heteroatoms. The molecule has 0 heterocycles. The lowest BCUT2D eigenvalue weighted by Crippen LogP contribution is -2.33. The molecule has 1 amide bonds. The van der Waals surface area contributed by atoms with E-state index >= 15 is 0 Å². The number of rotatable bonds is 37. The first-order chi connectivity index (χ1) is 58.1. The van der Waals surface area contributed by atoms with Crippen LogP contribution in [0.2, 0.25) is 0 Å². The van der Waals surface area contributed by atoms with Crippen LogP contribution < -0.4 is 11.1 Å². The highest BCUT2D eigenvalue weighted by molar-refractivity contribution is 6.11. The monoisotopic (exact) mass is 1630 g/mol. The molecule has 0 saturated carbocycles. The molecule has 0 spiro atoms. The molecular weight excluding hydrogens is 1470 g/mol. The van der Waals surface area contributed by atoms with Crippen LogP contribution in [0.4, 0.5) is 4.79 Å². The number of nitrogens with one attached hydrogen (secondary N) is 1. The van der Waals surface area contributed by atoms with Crippen LogP contribution in [0.3, 0.4) is 0 Å². The molecular formula is C117H162N2O2. The van der Waals surface area contributed by atoms with Crippen molar-refractivity contribution in [3.05, 3.63) is 257 Å². The van der Waals surface area contributed by atoms with Crippen LogP contribution in [0.15, 0.2) is 146 Å². The predicted octanol–water partition coefficient (Wildman–Crippen LogP) is 33.5. The van der Waals surface area contributed by atoms with Crippen molar-refractivity contribution in [2.24, 2.45) is 5.73 Å². The standard InChI is InChI=1S/2C36H52.C25H33NO2.C20H25N/c2*1-7-11-15-23-35(21-13-9-3)31-25-27(5)17-19-29(31)34-33(35)30-20-18-28(6)26-32(30)36(34,22-14-10-4)24-16-12-8-2;1-17-9-11-19-20-12-10-18(2)16-22(20)25(6,21(19)15-17)13-7-8-14-26-23(27)28-24(3,4)5;1-14-6-8-16-17-9-7-15(2)13-19(17)20(3,18(16)12-14)10-4-5-11-21/h2*17-20,25-26H,7-16,21-24H2,1-6H3;9-12,15-16H,7-8,13-14H2,1-6H3,(H,26,27);6-9,12-13H,4-5,10-11,21H2,1-3H3. The van der Waals surface area contributed by atoms with E-state index in [1.165, 1.54) is 282 Å². The van der Waals surface area contributed by atoms with Crippen LogP contribution in [0, 0.1) is 55.4 Å². The van der Waals surface area contributed by atoms with E-state index in [9.17, 15) is 4.79 Å². The molecule has 0 radical (unpaired) electrons. The van der Waals surface area contributed by atoms with Crippen molar-refractivity contribution < 1.29 is 9.53 Å².